The van der Waals surface area contributed by atoms with E-state index in [2.05, 4.69) is 30.7 Å². The smallest absolute Gasteiger partial charge is 0.253 e. The minimum atomic E-state index is -0.683. The molecule has 208 valence electrons. The second-order valence-corrected chi connectivity index (χ2v) is 13.0. The Balaban J connectivity index is 1.24. The van der Waals surface area contributed by atoms with Crippen molar-refractivity contribution >= 4 is 69.5 Å². The Morgan fingerprint density at radius 3 is 2.49 bits per heavy atom. The molecule has 0 aliphatic carbocycles. The molecule has 14 heteroatoms. The van der Waals surface area contributed by atoms with Gasteiger partial charge in [0, 0.05) is 11.3 Å². The van der Waals surface area contributed by atoms with E-state index in [9.17, 15) is 9.59 Å². The number of benzene rings is 2. The number of rotatable bonds is 9. The number of hydrogen-bond donors (Lipinski definition) is 2. The molecule has 0 spiro atoms. The first kappa shape index (κ1) is 27.6. The van der Waals surface area contributed by atoms with Crippen LogP contribution >= 0.6 is 47.1 Å². The van der Waals surface area contributed by atoms with Crippen LogP contribution in [0.15, 0.2) is 77.0 Å². The van der Waals surface area contributed by atoms with E-state index in [1.165, 1.54) is 41.2 Å². The van der Waals surface area contributed by atoms with Gasteiger partial charge < -0.3 is 10.1 Å². The number of amides is 2. The fraction of sp³-hybridized carbons (Fsp3) is 0.222. The summed E-state index contributed by atoms with van der Waals surface area (Å²) in [4.78, 5) is 32.2. The fourth-order valence-corrected chi connectivity index (χ4v) is 7.86. The SMILES string of the molecule is Cc1nnc(SCC(=O)N[C@@H]2C(=O)N3C(C(=S)OC(c4ccccc4)c4ccccc4)=C(c4ncn[nH]4)CS[C@H]23)s1. The molecule has 2 atom stereocenters. The summed E-state index contributed by atoms with van der Waals surface area (Å²) >= 11 is 10.1. The van der Waals surface area contributed by atoms with Crippen LogP contribution in [-0.2, 0) is 14.3 Å². The van der Waals surface area contributed by atoms with Crippen molar-refractivity contribution in [2.24, 2.45) is 0 Å². The monoisotopic (exact) mass is 621 g/mol. The number of nitrogens with one attached hydrogen (secondary N) is 2. The molecule has 1 saturated heterocycles. The van der Waals surface area contributed by atoms with Crippen molar-refractivity contribution in [3.05, 3.63) is 94.6 Å². The van der Waals surface area contributed by atoms with Gasteiger partial charge in [-0.2, -0.15) is 5.10 Å². The van der Waals surface area contributed by atoms with Gasteiger partial charge in [-0.25, -0.2) is 4.98 Å². The Morgan fingerprint density at radius 1 is 1.17 bits per heavy atom. The largest absolute Gasteiger partial charge is 0.469 e. The lowest BCUT2D eigenvalue weighted by Gasteiger charge is -2.50. The van der Waals surface area contributed by atoms with E-state index < -0.39 is 12.1 Å². The summed E-state index contributed by atoms with van der Waals surface area (Å²) in [5.74, 6) is 0.631. The van der Waals surface area contributed by atoms with Gasteiger partial charge in [-0.3, -0.25) is 19.6 Å². The number of thiocarbonyl (C=S) groups is 1. The number of carbonyl (C=O) groups excluding carboxylic acids is 2. The Bertz CT molecular complexity index is 1560. The normalized spacial score (nSPS) is 18.2. The van der Waals surface area contributed by atoms with E-state index in [4.69, 9.17) is 17.0 Å². The van der Waals surface area contributed by atoms with Crippen molar-refractivity contribution < 1.29 is 14.3 Å². The quantitative estimate of drug-likeness (QED) is 0.161. The van der Waals surface area contributed by atoms with E-state index in [1.807, 2.05) is 67.6 Å². The van der Waals surface area contributed by atoms with Gasteiger partial charge in [0.25, 0.3) is 5.91 Å². The summed E-state index contributed by atoms with van der Waals surface area (Å²) in [6, 6.07) is 18.9. The predicted molar refractivity (Wildman–Crippen MR) is 162 cm³/mol. The fourth-order valence-electron chi connectivity index (χ4n) is 4.57. The molecule has 41 heavy (non-hydrogen) atoms. The third kappa shape index (κ3) is 5.77. The number of hydrogen-bond acceptors (Lipinski definition) is 11. The van der Waals surface area contributed by atoms with E-state index in [1.54, 1.807) is 4.90 Å². The number of fused-ring (bicyclic) bond motifs is 1. The van der Waals surface area contributed by atoms with Gasteiger partial charge in [0.2, 0.25) is 11.0 Å². The average molecular weight is 622 g/mol. The van der Waals surface area contributed by atoms with Crippen LogP contribution < -0.4 is 5.32 Å². The molecule has 2 N–H and O–H groups in total. The highest BCUT2D eigenvalue weighted by atomic mass is 32.2. The molecule has 2 aromatic carbocycles. The van der Waals surface area contributed by atoms with Crippen LogP contribution in [0.25, 0.3) is 5.57 Å². The van der Waals surface area contributed by atoms with Gasteiger partial charge >= 0.3 is 0 Å². The Kier molecular flexibility index (Phi) is 8.14. The lowest BCUT2D eigenvalue weighted by molar-refractivity contribution is -0.145. The van der Waals surface area contributed by atoms with Crippen LogP contribution in [0.1, 0.15) is 28.1 Å². The second kappa shape index (κ2) is 12.1. The molecule has 2 aliphatic rings. The maximum Gasteiger partial charge on any atom is 0.253 e. The summed E-state index contributed by atoms with van der Waals surface area (Å²) in [5.41, 5.74) is 3.03. The highest BCUT2D eigenvalue weighted by Crippen LogP contribution is 2.44. The van der Waals surface area contributed by atoms with Gasteiger partial charge in [0.1, 0.15) is 34.6 Å². The molecule has 4 aromatic rings. The van der Waals surface area contributed by atoms with Crippen molar-refractivity contribution in [1.29, 1.82) is 0 Å². The van der Waals surface area contributed by atoms with Crippen molar-refractivity contribution in [2.45, 2.75) is 28.8 Å². The van der Waals surface area contributed by atoms with Gasteiger partial charge in [0.15, 0.2) is 10.2 Å². The van der Waals surface area contributed by atoms with Crippen molar-refractivity contribution in [2.75, 3.05) is 11.5 Å². The molecule has 0 radical (unpaired) electrons. The van der Waals surface area contributed by atoms with Crippen molar-refractivity contribution in [1.82, 2.24) is 35.6 Å². The number of H-pyrrole nitrogens is 1. The molecular formula is C27H23N7O3S4. The van der Waals surface area contributed by atoms with E-state index >= 15 is 0 Å². The average Bonchev–Trinajstić information content (AvgIpc) is 3.69. The highest BCUT2D eigenvalue weighted by Gasteiger charge is 2.54. The number of β-lactam (4-membered cyclic amide) rings is 1. The molecule has 0 unspecified atom stereocenters. The second-order valence-electron chi connectivity index (χ2n) is 9.10. The first-order chi connectivity index (χ1) is 20.0. The molecule has 0 saturated carbocycles. The van der Waals surface area contributed by atoms with E-state index in [0.717, 1.165) is 16.1 Å². The summed E-state index contributed by atoms with van der Waals surface area (Å²) in [5, 5.41) is 18.4. The Hall–Kier alpha value is -3.59. The van der Waals surface area contributed by atoms with Crippen LogP contribution in [0.3, 0.4) is 0 Å². The Morgan fingerprint density at radius 2 is 1.88 bits per heavy atom. The minimum absolute atomic E-state index is 0.138. The molecule has 10 nitrogen and oxygen atoms in total. The third-order valence-electron chi connectivity index (χ3n) is 6.44. The summed E-state index contributed by atoms with van der Waals surface area (Å²) < 4.78 is 7.21. The predicted octanol–water partition coefficient (Wildman–Crippen LogP) is 4.00. The first-order valence-electron chi connectivity index (χ1n) is 12.6. The van der Waals surface area contributed by atoms with Crippen molar-refractivity contribution in [3.8, 4) is 0 Å². The number of nitrogens with zero attached hydrogens (tertiary/aromatic N) is 5. The lowest BCUT2D eigenvalue weighted by Crippen LogP contribution is -2.70. The van der Waals surface area contributed by atoms with E-state index in [-0.39, 0.29) is 28.0 Å². The van der Waals surface area contributed by atoms with Gasteiger partial charge in [-0.1, -0.05) is 83.8 Å². The highest BCUT2D eigenvalue weighted by molar-refractivity contribution is 8.01. The molecule has 2 aliphatic heterocycles. The number of aryl methyl sites for hydroxylation is 1. The number of carbonyl (C=O) groups is 2. The number of thioether (sulfide) groups is 2. The molecule has 6 rings (SSSR count). The molecular weight excluding hydrogens is 599 g/mol. The Labute approximate surface area is 253 Å². The third-order valence-corrected chi connectivity index (χ3v) is 9.98. The van der Waals surface area contributed by atoms with Crippen LogP contribution in [0, 0.1) is 6.92 Å². The molecule has 0 bridgehead atoms. The van der Waals surface area contributed by atoms with Gasteiger partial charge in [0.05, 0.1) is 5.75 Å². The van der Waals surface area contributed by atoms with Crippen LogP contribution in [0.2, 0.25) is 0 Å². The zero-order chi connectivity index (χ0) is 28.3. The summed E-state index contributed by atoms with van der Waals surface area (Å²) in [6.07, 6.45) is 0.921. The summed E-state index contributed by atoms with van der Waals surface area (Å²) in [6.45, 7) is 1.86. The zero-order valence-electron chi connectivity index (χ0n) is 21.6. The van der Waals surface area contributed by atoms with Crippen molar-refractivity contribution in [3.63, 3.8) is 0 Å². The van der Waals surface area contributed by atoms with Crippen LogP contribution in [0.5, 0.6) is 0 Å². The van der Waals surface area contributed by atoms with Crippen LogP contribution in [-0.4, -0.2) is 70.1 Å². The molecule has 4 heterocycles. The number of aromatic amines is 1. The van der Waals surface area contributed by atoms with Gasteiger partial charge in [-0.05, 0) is 30.3 Å². The maximum atomic E-state index is 13.5. The number of ether oxygens (including phenoxy) is 1. The van der Waals surface area contributed by atoms with E-state index in [0.29, 0.717) is 27.2 Å². The van der Waals surface area contributed by atoms with Crippen LogP contribution in [0.4, 0.5) is 0 Å². The minimum Gasteiger partial charge on any atom is -0.469 e. The topological polar surface area (TPSA) is 126 Å². The standard InChI is InChI=1S/C27H23N7O3S4/c1-15-31-33-27(41-15)40-13-19(35)30-20-24(36)34-21(18(12-39-25(20)34)23-28-14-29-32-23)26(38)37-22(16-8-4-2-5-9-16)17-10-6-3-7-11-17/h2-11,14,20,22,25H,12-13H2,1H3,(H,30,35)(H,28,29,32)/t20-,25-/m1/s1. The molecule has 2 aromatic heterocycles. The van der Waals surface area contributed by atoms with Gasteiger partial charge in [-0.15, -0.1) is 22.0 Å². The molecule has 1 fully saturated rings. The summed E-state index contributed by atoms with van der Waals surface area (Å²) in [7, 11) is 0. The molecule has 2 amide bonds. The number of aromatic nitrogens is 5. The lowest BCUT2D eigenvalue weighted by atomic mass is 10.0. The zero-order valence-corrected chi connectivity index (χ0v) is 24.9. The maximum absolute atomic E-state index is 13.5. The first-order valence-corrected chi connectivity index (χ1v) is 15.8.